The summed E-state index contributed by atoms with van der Waals surface area (Å²) in [7, 11) is 0. The van der Waals surface area contributed by atoms with Gasteiger partial charge >= 0.3 is 63.8 Å². The second-order valence-electron chi connectivity index (χ2n) is 1.69. The number of rotatable bonds is 0. The van der Waals surface area contributed by atoms with Crippen LogP contribution in [-0.2, 0) is 0 Å². The van der Waals surface area contributed by atoms with Gasteiger partial charge in [0, 0.05) is 0 Å². The van der Waals surface area contributed by atoms with Crippen LogP contribution in [0, 0.1) is 0 Å². The van der Waals surface area contributed by atoms with Crippen molar-refractivity contribution < 1.29 is 0 Å². The molecule has 1 heterocycles. The van der Waals surface area contributed by atoms with Crippen molar-refractivity contribution in [3.05, 3.63) is 0 Å². The molecular weight excluding hydrogens is 146 g/mol. The van der Waals surface area contributed by atoms with Crippen LogP contribution in [-0.4, -0.2) is 29.9 Å². The first-order valence-corrected chi connectivity index (χ1v) is 2.99. The molecule has 0 aromatic heterocycles. The second-order valence-corrected chi connectivity index (χ2v) is 2.08. The zero-order valence-electron chi connectivity index (χ0n) is 5.11. The van der Waals surface area contributed by atoms with Gasteiger partial charge in [-0.3, -0.25) is 0 Å². The van der Waals surface area contributed by atoms with Crippen molar-refractivity contribution in [3.63, 3.8) is 0 Å². The van der Waals surface area contributed by atoms with Crippen LogP contribution in [0.4, 0.5) is 0 Å². The van der Waals surface area contributed by atoms with E-state index in [0.717, 1.165) is 0 Å². The summed E-state index contributed by atoms with van der Waals surface area (Å²) in [5, 5.41) is 3.39. The van der Waals surface area contributed by atoms with Gasteiger partial charge in [-0.15, -0.1) is 0 Å². The summed E-state index contributed by atoms with van der Waals surface area (Å²) >= 11 is 4.77. The van der Waals surface area contributed by atoms with Crippen LogP contribution < -0.4 is 11.6 Å². The summed E-state index contributed by atoms with van der Waals surface area (Å²) in [4.78, 5) is 4.10. The Balaban J connectivity index is 2.95. The van der Waals surface area contributed by atoms with Gasteiger partial charge in [-0.1, -0.05) is 0 Å². The third-order valence-corrected chi connectivity index (χ3v) is 1.30. The Morgan fingerprint density at radius 2 is 2.20 bits per heavy atom. The third-order valence-electron chi connectivity index (χ3n) is 1.00. The number of hydrazone groups is 1. The Morgan fingerprint density at radius 3 is 2.70 bits per heavy atom. The fraction of sp³-hybridized carbons (Fsp3) is 0. The second kappa shape index (κ2) is 2.83. The molecule has 7 heteroatoms. The molecule has 4 nitrogen and oxygen atoms in total. The van der Waals surface area contributed by atoms with E-state index in [1.54, 1.807) is 13.6 Å². The van der Waals surface area contributed by atoms with Crippen LogP contribution in [0.1, 0.15) is 0 Å². The average Bonchev–Trinajstić information content (AvgIpc) is 1.88. The molecule has 1 aliphatic rings. The Kier molecular flexibility index (Phi) is 2.06. The van der Waals surface area contributed by atoms with Crippen LogP contribution in [0.25, 0.3) is 0 Å². The number of amidine groups is 1. The topological polar surface area (TPSA) is 76.8 Å². The summed E-state index contributed by atoms with van der Waals surface area (Å²) < 4.78 is 0. The van der Waals surface area contributed by atoms with E-state index in [2.05, 4.69) is 10.1 Å². The third kappa shape index (κ3) is 1.35. The predicted octanol–water partition coefficient (Wildman–Crippen LogP) is -1.76. The summed E-state index contributed by atoms with van der Waals surface area (Å²) in [5.74, 6) is 4.98. The van der Waals surface area contributed by atoms with Crippen LogP contribution in [0.3, 0.4) is 0 Å². The zero-order valence-corrected chi connectivity index (χ0v) is 5.93. The van der Waals surface area contributed by atoms with Crippen molar-refractivity contribution in [1.82, 2.24) is 0 Å². The summed E-state index contributed by atoms with van der Waals surface area (Å²) in [5.41, 5.74) is 6.20. The number of aliphatic imine (C=N–C) groups is 1. The Bertz CT molecular complexity index is 255. The molecule has 0 aromatic rings. The first kappa shape index (κ1) is 7.27. The Morgan fingerprint density at radius 1 is 1.50 bits per heavy atom. The molecule has 0 fully saturated rings. The first-order chi connectivity index (χ1) is 4.74. The van der Waals surface area contributed by atoms with Crippen molar-refractivity contribution in [2.45, 2.75) is 0 Å². The number of nitrogens with two attached hydrogens (primary N) is 2. The molecule has 0 aliphatic carbocycles. The summed E-state index contributed by atoms with van der Waals surface area (Å²) in [6.07, 6.45) is 0. The van der Waals surface area contributed by atoms with E-state index >= 15 is 0 Å². The molecule has 0 amide bonds. The van der Waals surface area contributed by atoms with Gasteiger partial charge in [-0.05, 0) is 0 Å². The SMILES string of the molecule is NN=C1B=BC(N)=NC1=S. The normalized spacial score (nSPS) is 19.8. The van der Waals surface area contributed by atoms with Gasteiger partial charge in [0.1, 0.15) is 0 Å². The van der Waals surface area contributed by atoms with Gasteiger partial charge in [0.2, 0.25) is 0 Å². The Labute approximate surface area is 64.5 Å². The number of nitrogens with zero attached hydrogens (tertiary/aromatic N) is 2. The molecule has 0 atom stereocenters. The first-order valence-electron chi connectivity index (χ1n) is 2.58. The number of hydrogen-bond donors (Lipinski definition) is 2. The molecular formula is C3H4B2N4S. The van der Waals surface area contributed by atoms with E-state index in [1.165, 1.54) is 0 Å². The minimum absolute atomic E-state index is 0.336. The predicted molar refractivity (Wildman–Crippen MR) is 47.4 cm³/mol. The molecule has 0 aromatic carbocycles. The molecule has 48 valence electrons. The molecule has 1 aliphatic heterocycles. The molecule has 0 saturated carbocycles. The monoisotopic (exact) mass is 150 g/mol. The van der Waals surface area contributed by atoms with Crippen molar-refractivity contribution in [3.8, 4) is 0 Å². The number of hydrogen-bond acceptors (Lipinski definition) is 4. The molecule has 0 spiro atoms. The van der Waals surface area contributed by atoms with Crippen molar-refractivity contribution in [2.75, 3.05) is 0 Å². The maximum absolute atomic E-state index is 5.32. The quantitative estimate of drug-likeness (QED) is 0.186. The van der Waals surface area contributed by atoms with Crippen molar-refractivity contribution in [1.29, 1.82) is 0 Å². The van der Waals surface area contributed by atoms with Gasteiger partial charge in [0.25, 0.3) is 0 Å². The van der Waals surface area contributed by atoms with Gasteiger partial charge in [-0.25, -0.2) is 0 Å². The maximum atomic E-state index is 5.32. The number of thiocarbonyl (C=S) groups is 1. The fourth-order valence-electron chi connectivity index (χ4n) is 0.546. The standard InChI is InChI=1S/C3H4B2N4S/c6-3-5-4-1(9-7)2(10)8-3/h7H2,(H2,6,8,10). The average molecular weight is 150 g/mol. The van der Waals surface area contributed by atoms with E-state index in [-0.39, 0.29) is 0 Å². The molecule has 10 heavy (non-hydrogen) atoms. The van der Waals surface area contributed by atoms with Crippen LogP contribution in [0.5, 0.6) is 0 Å². The van der Waals surface area contributed by atoms with Gasteiger partial charge < -0.3 is 0 Å². The molecule has 0 saturated heterocycles. The van der Waals surface area contributed by atoms with Gasteiger partial charge in [-0.2, -0.15) is 0 Å². The van der Waals surface area contributed by atoms with Gasteiger partial charge in [0.15, 0.2) is 0 Å². The van der Waals surface area contributed by atoms with Crippen LogP contribution in [0.15, 0.2) is 10.1 Å². The Hall–Kier alpha value is -0.840. The van der Waals surface area contributed by atoms with E-state index in [4.69, 9.17) is 23.8 Å². The summed E-state index contributed by atoms with van der Waals surface area (Å²) in [6.45, 7) is 3.23. The summed E-state index contributed by atoms with van der Waals surface area (Å²) in [6, 6.07) is 0. The van der Waals surface area contributed by atoms with E-state index in [1.807, 2.05) is 0 Å². The van der Waals surface area contributed by atoms with Crippen LogP contribution >= 0.6 is 12.2 Å². The van der Waals surface area contributed by atoms with Gasteiger partial charge in [0.05, 0.1) is 0 Å². The molecule has 1 rings (SSSR count). The van der Waals surface area contributed by atoms with E-state index in [9.17, 15) is 0 Å². The molecule has 0 bridgehead atoms. The molecule has 0 unspecified atom stereocenters. The molecule has 0 radical (unpaired) electrons. The zero-order chi connectivity index (χ0) is 7.56. The van der Waals surface area contributed by atoms with Crippen LogP contribution in [0.2, 0.25) is 0 Å². The van der Waals surface area contributed by atoms with E-state index in [0.29, 0.717) is 16.3 Å². The van der Waals surface area contributed by atoms with Crippen molar-refractivity contribution >= 4 is 42.2 Å². The molecule has 4 N–H and O–H groups in total. The van der Waals surface area contributed by atoms with Crippen molar-refractivity contribution in [2.24, 2.45) is 21.7 Å². The minimum atomic E-state index is 0.336. The fourth-order valence-corrected chi connectivity index (χ4v) is 0.772. The van der Waals surface area contributed by atoms with E-state index < -0.39 is 0 Å².